The van der Waals surface area contributed by atoms with E-state index in [-0.39, 0.29) is 19.4 Å². The molecule has 0 aromatic heterocycles. The molecule has 112 valence electrons. The van der Waals surface area contributed by atoms with Crippen LogP contribution in [0.3, 0.4) is 0 Å². The van der Waals surface area contributed by atoms with Crippen molar-refractivity contribution in [1.29, 1.82) is 0 Å². The third-order valence-corrected chi connectivity index (χ3v) is 4.21. The number of carboxylic acids is 2. The summed E-state index contributed by atoms with van der Waals surface area (Å²) >= 11 is 0. The maximum atomic E-state index is 11.9. The van der Waals surface area contributed by atoms with Crippen molar-refractivity contribution in [3.05, 3.63) is 47.5 Å². The highest BCUT2D eigenvalue weighted by Crippen LogP contribution is 2.45. The molecular formula is C16H18O5. The second kappa shape index (κ2) is 5.33. The Morgan fingerprint density at radius 3 is 2.24 bits per heavy atom. The summed E-state index contributed by atoms with van der Waals surface area (Å²) < 4.78 is 0. The summed E-state index contributed by atoms with van der Waals surface area (Å²) in [6.07, 6.45) is 3.45. The summed E-state index contributed by atoms with van der Waals surface area (Å²) in [6.45, 7) is 1.41. The second-order valence-corrected chi connectivity index (χ2v) is 5.75. The minimum atomic E-state index is -1.25. The van der Waals surface area contributed by atoms with Gasteiger partial charge in [-0.3, -0.25) is 9.59 Å². The van der Waals surface area contributed by atoms with Crippen LogP contribution in [0.4, 0.5) is 0 Å². The van der Waals surface area contributed by atoms with E-state index in [4.69, 9.17) is 5.11 Å². The van der Waals surface area contributed by atoms with Gasteiger partial charge in [-0.05, 0) is 30.9 Å². The number of carboxylic acid groups (broad SMARTS) is 2. The first kappa shape index (κ1) is 15.3. The Kier molecular flexibility index (Phi) is 3.87. The van der Waals surface area contributed by atoms with Crippen LogP contribution in [0.5, 0.6) is 0 Å². The molecule has 5 heteroatoms. The standard InChI is InChI=1S/C16H18O5/c1-15(13(18)19)7-2-8-16(10-15,14(20)21)12-5-3-11(9-17)4-6-12/h2-7,17H,8-10H2,1H3,(H,18,19)(H,20,21). The first-order valence-corrected chi connectivity index (χ1v) is 6.69. The lowest BCUT2D eigenvalue weighted by Gasteiger charge is -2.38. The van der Waals surface area contributed by atoms with Gasteiger partial charge in [-0.2, -0.15) is 0 Å². The fourth-order valence-corrected chi connectivity index (χ4v) is 2.86. The SMILES string of the molecule is CC1(C(=O)O)C=CCC(C(=O)O)(c2ccc(CO)cc2)C1. The number of aliphatic carboxylic acids is 2. The summed E-state index contributed by atoms with van der Waals surface area (Å²) in [6, 6.07) is 6.63. The number of hydrogen-bond acceptors (Lipinski definition) is 3. The van der Waals surface area contributed by atoms with Crippen molar-refractivity contribution in [1.82, 2.24) is 0 Å². The Hall–Kier alpha value is -2.14. The van der Waals surface area contributed by atoms with Crippen LogP contribution in [-0.4, -0.2) is 27.3 Å². The molecule has 1 aromatic carbocycles. The van der Waals surface area contributed by atoms with Crippen molar-refractivity contribution in [3.63, 3.8) is 0 Å². The molecule has 0 spiro atoms. The van der Waals surface area contributed by atoms with Gasteiger partial charge >= 0.3 is 11.9 Å². The number of aliphatic hydroxyl groups is 1. The smallest absolute Gasteiger partial charge is 0.314 e. The van der Waals surface area contributed by atoms with Crippen LogP contribution >= 0.6 is 0 Å². The number of allylic oxidation sites excluding steroid dienone is 1. The summed E-state index contributed by atoms with van der Waals surface area (Å²) in [4.78, 5) is 23.3. The van der Waals surface area contributed by atoms with E-state index in [9.17, 15) is 19.8 Å². The van der Waals surface area contributed by atoms with E-state index in [1.165, 1.54) is 6.92 Å². The molecule has 0 heterocycles. The zero-order valence-corrected chi connectivity index (χ0v) is 11.7. The third kappa shape index (κ3) is 2.56. The molecule has 0 saturated heterocycles. The van der Waals surface area contributed by atoms with E-state index >= 15 is 0 Å². The Labute approximate surface area is 122 Å². The average molecular weight is 290 g/mol. The summed E-state index contributed by atoms with van der Waals surface area (Å²) in [5.41, 5.74) is -1.21. The number of rotatable bonds is 4. The van der Waals surface area contributed by atoms with Crippen molar-refractivity contribution >= 4 is 11.9 Å². The van der Waals surface area contributed by atoms with Crippen molar-refractivity contribution < 1.29 is 24.9 Å². The normalized spacial score (nSPS) is 28.3. The van der Waals surface area contributed by atoms with Gasteiger partial charge in [0.1, 0.15) is 0 Å². The van der Waals surface area contributed by atoms with E-state index in [2.05, 4.69) is 0 Å². The highest BCUT2D eigenvalue weighted by atomic mass is 16.4. The first-order chi connectivity index (χ1) is 9.84. The number of carbonyl (C=O) groups is 2. The summed E-state index contributed by atoms with van der Waals surface area (Å²) in [5.74, 6) is -2.06. The molecule has 1 aliphatic rings. The lowest BCUT2D eigenvalue weighted by atomic mass is 9.63. The maximum absolute atomic E-state index is 11.9. The lowest BCUT2D eigenvalue weighted by Crippen LogP contribution is -2.45. The predicted molar refractivity (Wildman–Crippen MR) is 75.8 cm³/mol. The van der Waals surface area contributed by atoms with Crippen molar-refractivity contribution in [3.8, 4) is 0 Å². The second-order valence-electron chi connectivity index (χ2n) is 5.75. The molecule has 0 saturated carbocycles. The molecule has 0 fully saturated rings. The highest BCUT2D eigenvalue weighted by molar-refractivity contribution is 5.85. The van der Waals surface area contributed by atoms with Crippen LogP contribution in [-0.2, 0) is 21.6 Å². The fourth-order valence-electron chi connectivity index (χ4n) is 2.86. The molecule has 0 radical (unpaired) electrons. The lowest BCUT2D eigenvalue weighted by molar-refractivity contribution is -0.151. The molecule has 1 aromatic rings. The Bertz CT molecular complexity index is 589. The van der Waals surface area contributed by atoms with Crippen LogP contribution in [0.25, 0.3) is 0 Å². The largest absolute Gasteiger partial charge is 0.481 e. The molecular weight excluding hydrogens is 272 g/mol. The zero-order chi connectivity index (χ0) is 15.7. The Morgan fingerprint density at radius 1 is 1.14 bits per heavy atom. The minimum absolute atomic E-state index is 0.000359. The van der Waals surface area contributed by atoms with Gasteiger partial charge in [-0.25, -0.2) is 0 Å². The predicted octanol–water partition coefficient (Wildman–Crippen LogP) is 1.94. The van der Waals surface area contributed by atoms with Gasteiger partial charge in [0.15, 0.2) is 0 Å². The molecule has 0 amide bonds. The van der Waals surface area contributed by atoms with Crippen molar-refractivity contribution in [2.24, 2.45) is 5.41 Å². The van der Waals surface area contributed by atoms with Gasteiger partial charge in [0.25, 0.3) is 0 Å². The Morgan fingerprint density at radius 2 is 1.76 bits per heavy atom. The third-order valence-electron chi connectivity index (χ3n) is 4.21. The van der Waals surface area contributed by atoms with E-state index in [1.54, 1.807) is 36.4 Å². The number of hydrogen-bond donors (Lipinski definition) is 3. The van der Waals surface area contributed by atoms with Crippen LogP contribution in [0.15, 0.2) is 36.4 Å². The first-order valence-electron chi connectivity index (χ1n) is 6.69. The quantitative estimate of drug-likeness (QED) is 0.737. The van der Waals surface area contributed by atoms with Gasteiger partial charge in [0.05, 0.1) is 17.4 Å². The highest BCUT2D eigenvalue weighted by Gasteiger charge is 2.49. The van der Waals surface area contributed by atoms with Crippen molar-refractivity contribution in [2.75, 3.05) is 0 Å². The molecule has 21 heavy (non-hydrogen) atoms. The van der Waals surface area contributed by atoms with E-state index in [0.29, 0.717) is 11.1 Å². The zero-order valence-electron chi connectivity index (χ0n) is 11.7. The Balaban J connectivity index is 2.49. The molecule has 1 aliphatic carbocycles. The molecule has 5 nitrogen and oxygen atoms in total. The number of benzene rings is 1. The molecule has 2 atom stereocenters. The molecule has 2 rings (SSSR count). The number of aliphatic hydroxyl groups excluding tert-OH is 1. The van der Waals surface area contributed by atoms with E-state index in [0.717, 1.165) is 0 Å². The van der Waals surface area contributed by atoms with Gasteiger partial charge in [0.2, 0.25) is 0 Å². The van der Waals surface area contributed by atoms with Gasteiger partial charge < -0.3 is 15.3 Å². The van der Waals surface area contributed by atoms with Gasteiger partial charge in [-0.1, -0.05) is 36.4 Å². The average Bonchev–Trinajstić information content (AvgIpc) is 2.47. The van der Waals surface area contributed by atoms with E-state index in [1.807, 2.05) is 0 Å². The summed E-state index contributed by atoms with van der Waals surface area (Å²) in [5, 5.41) is 28.1. The molecule has 0 bridgehead atoms. The molecule has 0 aliphatic heterocycles. The van der Waals surface area contributed by atoms with Crippen LogP contribution < -0.4 is 0 Å². The fraction of sp³-hybridized carbons (Fsp3) is 0.375. The summed E-state index contributed by atoms with van der Waals surface area (Å²) in [7, 11) is 0. The van der Waals surface area contributed by atoms with Crippen LogP contribution in [0, 0.1) is 5.41 Å². The van der Waals surface area contributed by atoms with Crippen LogP contribution in [0.2, 0.25) is 0 Å². The van der Waals surface area contributed by atoms with Crippen molar-refractivity contribution in [2.45, 2.75) is 31.8 Å². The molecule has 2 unspecified atom stereocenters. The topological polar surface area (TPSA) is 94.8 Å². The monoisotopic (exact) mass is 290 g/mol. The van der Waals surface area contributed by atoms with Gasteiger partial charge in [0, 0.05) is 0 Å². The minimum Gasteiger partial charge on any atom is -0.481 e. The van der Waals surface area contributed by atoms with Gasteiger partial charge in [-0.15, -0.1) is 0 Å². The van der Waals surface area contributed by atoms with Crippen LogP contribution in [0.1, 0.15) is 30.9 Å². The maximum Gasteiger partial charge on any atom is 0.314 e. The molecule has 3 N–H and O–H groups in total. The van der Waals surface area contributed by atoms with E-state index < -0.39 is 22.8 Å².